The standard InChI is InChI=1S/C13H26N4O2/c1-4-15-11(18)9-16-5-7-17(8-6-16)13(19)12(14)10(2)3/h10,12H,4-9,14H2,1-3H3,(H,15,18). The van der Waals surface area contributed by atoms with Crippen molar-refractivity contribution in [3.63, 3.8) is 0 Å². The van der Waals surface area contributed by atoms with Gasteiger partial charge in [0.15, 0.2) is 0 Å². The minimum Gasteiger partial charge on any atom is -0.355 e. The van der Waals surface area contributed by atoms with Gasteiger partial charge in [-0.05, 0) is 12.8 Å². The SMILES string of the molecule is CCNC(=O)CN1CCN(C(=O)C(N)C(C)C)CC1. The van der Waals surface area contributed by atoms with Crippen LogP contribution in [-0.2, 0) is 9.59 Å². The van der Waals surface area contributed by atoms with Gasteiger partial charge in [-0.2, -0.15) is 0 Å². The van der Waals surface area contributed by atoms with Crippen molar-refractivity contribution < 1.29 is 9.59 Å². The first kappa shape index (κ1) is 15.9. The summed E-state index contributed by atoms with van der Waals surface area (Å²) in [6.45, 7) is 9.63. The number of carbonyl (C=O) groups is 2. The van der Waals surface area contributed by atoms with Crippen LogP contribution < -0.4 is 11.1 Å². The van der Waals surface area contributed by atoms with E-state index in [4.69, 9.17) is 5.73 Å². The van der Waals surface area contributed by atoms with E-state index in [-0.39, 0.29) is 17.7 Å². The molecular weight excluding hydrogens is 244 g/mol. The van der Waals surface area contributed by atoms with E-state index >= 15 is 0 Å². The maximum Gasteiger partial charge on any atom is 0.239 e. The molecule has 1 heterocycles. The molecule has 0 radical (unpaired) electrons. The zero-order valence-corrected chi connectivity index (χ0v) is 12.2. The third-order valence-electron chi connectivity index (χ3n) is 3.43. The highest BCUT2D eigenvalue weighted by atomic mass is 16.2. The maximum atomic E-state index is 12.1. The Kier molecular flexibility index (Phi) is 6.24. The van der Waals surface area contributed by atoms with Gasteiger partial charge in [-0.25, -0.2) is 0 Å². The van der Waals surface area contributed by atoms with Crippen LogP contribution in [-0.4, -0.2) is 66.9 Å². The molecule has 0 saturated carbocycles. The second-order valence-electron chi connectivity index (χ2n) is 5.32. The van der Waals surface area contributed by atoms with Crippen LogP contribution in [0.1, 0.15) is 20.8 Å². The average molecular weight is 270 g/mol. The van der Waals surface area contributed by atoms with Crippen LogP contribution in [0.5, 0.6) is 0 Å². The Morgan fingerprint density at radius 2 is 1.79 bits per heavy atom. The first-order chi connectivity index (χ1) is 8.95. The summed E-state index contributed by atoms with van der Waals surface area (Å²) in [4.78, 5) is 27.4. The van der Waals surface area contributed by atoms with E-state index in [1.54, 1.807) is 4.90 Å². The van der Waals surface area contributed by atoms with E-state index in [0.29, 0.717) is 26.2 Å². The summed E-state index contributed by atoms with van der Waals surface area (Å²) in [5, 5.41) is 2.78. The number of carbonyl (C=O) groups excluding carboxylic acids is 2. The molecule has 1 aliphatic heterocycles. The number of hydrogen-bond donors (Lipinski definition) is 2. The first-order valence-electron chi connectivity index (χ1n) is 6.99. The van der Waals surface area contributed by atoms with Gasteiger partial charge in [0.25, 0.3) is 0 Å². The Balaban J connectivity index is 2.36. The number of rotatable bonds is 5. The van der Waals surface area contributed by atoms with E-state index in [1.165, 1.54) is 0 Å². The molecule has 0 aliphatic carbocycles. The minimum atomic E-state index is -0.421. The molecule has 0 spiro atoms. The maximum absolute atomic E-state index is 12.1. The van der Waals surface area contributed by atoms with Gasteiger partial charge in [0.1, 0.15) is 0 Å². The van der Waals surface area contributed by atoms with Crippen molar-refractivity contribution in [3.05, 3.63) is 0 Å². The second-order valence-corrected chi connectivity index (χ2v) is 5.32. The van der Waals surface area contributed by atoms with Gasteiger partial charge in [0, 0.05) is 32.7 Å². The molecule has 1 atom stereocenters. The fourth-order valence-corrected chi connectivity index (χ4v) is 2.08. The van der Waals surface area contributed by atoms with Crippen LogP contribution >= 0.6 is 0 Å². The molecule has 2 amide bonds. The van der Waals surface area contributed by atoms with Crippen LogP contribution in [0.15, 0.2) is 0 Å². The van der Waals surface area contributed by atoms with Crippen LogP contribution in [0.3, 0.4) is 0 Å². The summed E-state index contributed by atoms with van der Waals surface area (Å²) in [5.41, 5.74) is 5.88. The van der Waals surface area contributed by atoms with Gasteiger partial charge < -0.3 is 16.0 Å². The Labute approximate surface area is 115 Å². The lowest BCUT2D eigenvalue weighted by Gasteiger charge is -2.36. The predicted molar refractivity (Wildman–Crippen MR) is 74.5 cm³/mol. The van der Waals surface area contributed by atoms with Gasteiger partial charge in [-0.15, -0.1) is 0 Å². The average Bonchev–Trinajstić information content (AvgIpc) is 2.38. The first-order valence-corrected chi connectivity index (χ1v) is 6.99. The van der Waals surface area contributed by atoms with E-state index in [2.05, 4.69) is 10.2 Å². The largest absolute Gasteiger partial charge is 0.355 e. The van der Waals surface area contributed by atoms with Gasteiger partial charge >= 0.3 is 0 Å². The van der Waals surface area contributed by atoms with Crippen molar-refractivity contribution in [2.45, 2.75) is 26.8 Å². The van der Waals surface area contributed by atoms with E-state index in [9.17, 15) is 9.59 Å². The number of piperazine rings is 1. The van der Waals surface area contributed by atoms with E-state index in [1.807, 2.05) is 20.8 Å². The molecule has 0 aromatic carbocycles. The van der Waals surface area contributed by atoms with Crippen molar-refractivity contribution in [3.8, 4) is 0 Å². The molecule has 0 aromatic rings. The Morgan fingerprint density at radius 1 is 1.21 bits per heavy atom. The van der Waals surface area contributed by atoms with Gasteiger partial charge in [-0.3, -0.25) is 14.5 Å². The fraction of sp³-hybridized carbons (Fsp3) is 0.846. The van der Waals surface area contributed by atoms with Gasteiger partial charge in [0.2, 0.25) is 11.8 Å². The lowest BCUT2D eigenvalue weighted by molar-refractivity contribution is -0.135. The predicted octanol–water partition coefficient (Wildman–Crippen LogP) is -0.750. The fourth-order valence-electron chi connectivity index (χ4n) is 2.08. The van der Waals surface area contributed by atoms with Crippen LogP contribution in [0, 0.1) is 5.92 Å². The monoisotopic (exact) mass is 270 g/mol. The lowest BCUT2D eigenvalue weighted by Crippen LogP contribution is -2.55. The van der Waals surface area contributed by atoms with Gasteiger partial charge in [0.05, 0.1) is 12.6 Å². The second kappa shape index (κ2) is 7.45. The van der Waals surface area contributed by atoms with Crippen molar-refractivity contribution in [1.82, 2.24) is 15.1 Å². The third kappa shape index (κ3) is 4.80. The summed E-state index contributed by atoms with van der Waals surface area (Å²) in [6, 6.07) is -0.421. The Morgan fingerprint density at radius 3 is 2.26 bits per heavy atom. The molecule has 3 N–H and O–H groups in total. The number of nitrogens with one attached hydrogen (secondary N) is 1. The number of hydrogen-bond acceptors (Lipinski definition) is 4. The molecule has 6 nitrogen and oxygen atoms in total. The highest BCUT2D eigenvalue weighted by Gasteiger charge is 2.27. The highest BCUT2D eigenvalue weighted by molar-refractivity contribution is 5.82. The molecule has 1 fully saturated rings. The topological polar surface area (TPSA) is 78.7 Å². The Hall–Kier alpha value is -1.14. The number of amides is 2. The van der Waals surface area contributed by atoms with Crippen LogP contribution in [0.2, 0.25) is 0 Å². The molecule has 1 saturated heterocycles. The smallest absolute Gasteiger partial charge is 0.239 e. The molecule has 1 unspecified atom stereocenters. The normalized spacial score (nSPS) is 18.5. The zero-order valence-electron chi connectivity index (χ0n) is 12.2. The van der Waals surface area contributed by atoms with E-state index in [0.717, 1.165) is 13.1 Å². The molecule has 0 bridgehead atoms. The number of nitrogens with two attached hydrogens (primary N) is 1. The lowest BCUT2D eigenvalue weighted by atomic mass is 10.0. The molecule has 6 heteroatoms. The summed E-state index contributed by atoms with van der Waals surface area (Å²) >= 11 is 0. The van der Waals surface area contributed by atoms with Crippen molar-refractivity contribution in [2.75, 3.05) is 39.3 Å². The van der Waals surface area contributed by atoms with Crippen LogP contribution in [0.25, 0.3) is 0 Å². The highest BCUT2D eigenvalue weighted by Crippen LogP contribution is 2.07. The number of likely N-dealkylation sites (N-methyl/N-ethyl adjacent to an activating group) is 1. The molecule has 1 rings (SSSR count). The van der Waals surface area contributed by atoms with Crippen molar-refractivity contribution in [1.29, 1.82) is 0 Å². The quantitative estimate of drug-likeness (QED) is 0.689. The minimum absolute atomic E-state index is 0.0210. The summed E-state index contributed by atoms with van der Waals surface area (Å²) in [5.74, 6) is 0.217. The van der Waals surface area contributed by atoms with Crippen molar-refractivity contribution in [2.24, 2.45) is 11.7 Å². The molecule has 19 heavy (non-hydrogen) atoms. The molecule has 1 aliphatic rings. The van der Waals surface area contributed by atoms with E-state index < -0.39 is 6.04 Å². The van der Waals surface area contributed by atoms with Gasteiger partial charge in [-0.1, -0.05) is 13.8 Å². The van der Waals surface area contributed by atoms with Crippen molar-refractivity contribution >= 4 is 11.8 Å². The Bertz CT molecular complexity index is 312. The third-order valence-corrected chi connectivity index (χ3v) is 3.43. The number of nitrogens with zero attached hydrogens (tertiary/aromatic N) is 2. The molecule has 110 valence electrons. The van der Waals surface area contributed by atoms with Crippen LogP contribution in [0.4, 0.5) is 0 Å². The summed E-state index contributed by atoms with van der Waals surface area (Å²) < 4.78 is 0. The zero-order chi connectivity index (χ0) is 14.4. The molecular formula is C13H26N4O2. The summed E-state index contributed by atoms with van der Waals surface area (Å²) in [7, 11) is 0. The summed E-state index contributed by atoms with van der Waals surface area (Å²) in [6.07, 6.45) is 0. The molecule has 0 aromatic heterocycles.